The molecule has 10 rings (SSSR count). The Morgan fingerprint density at radius 3 is 1.33 bits per heavy atom. The summed E-state index contributed by atoms with van der Waals surface area (Å²) < 4.78 is 11.2. The molecule has 3 heteroatoms. The SMILES string of the molecule is CC(C)c1cccc(C(C)C)c1-c1ccc2c(c1)c1ccccc1n2-c1ccc2oc3ccc(-n4c5ccccc5c5ccccc54)cc3c2c1. The summed E-state index contributed by atoms with van der Waals surface area (Å²) in [7, 11) is 0. The lowest BCUT2D eigenvalue weighted by molar-refractivity contribution is 0.669. The molecule has 0 saturated heterocycles. The molecule has 7 aromatic carbocycles. The van der Waals surface area contributed by atoms with Gasteiger partial charge in [0.15, 0.2) is 0 Å². The van der Waals surface area contributed by atoms with Crippen molar-refractivity contribution in [1.82, 2.24) is 9.13 Å². The first-order valence-electron chi connectivity index (χ1n) is 18.1. The van der Waals surface area contributed by atoms with Crippen molar-refractivity contribution >= 4 is 65.6 Å². The first kappa shape index (κ1) is 29.8. The molecule has 246 valence electrons. The third kappa shape index (κ3) is 4.44. The first-order valence-corrected chi connectivity index (χ1v) is 18.1. The van der Waals surface area contributed by atoms with Gasteiger partial charge in [-0.3, -0.25) is 0 Å². The van der Waals surface area contributed by atoms with Gasteiger partial charge in [0.1, 0.15) is 11.2 Å². The Labute approximate surface area is 297 Å². The number of hydrogen-bond donors (Lipinski definition) is 0. The minimum absolute atomic E-state index is 0.433. The van der Waals surface area contributed by atoms with Crippen LogP contribution in [-0.4, -0.2) is 9.13 Å². The standard InChI is InChI=1S/C48H38N2O/c1-29(2)34-15-11-16-35(30(3)4)48(34)31-20-23-45-39(26-31)38-14-7-10-19-44(38)50(45)33-22-25-47-41(28-33)40-27-32(21-24-46(40)51-47)49-42-17-8-5-12-36(42)37-13-6-9-18-43(37)49/h5-30H,1-4H3. The van der Waals surface area contributed by atoms with E-state index in [1.807, 2.05) is 0 Å². The molecule has 0 spiro atoms. The van der Waals surface area contributed by atoms with Crippen molar-refractivity contribution in [2.45, 2.75) is 39.5 Å². The molecule has 0 amide bonds. The number of nitrogens with zero attached hydrogens (tertiary/aromatic N) is 2. The van der Waals surface area contributed by atoms with E-state index in [0.717, 1.165) is 33.3 Å². The summed E-state index contributed by atoms with van der Waals surface area (Å²) in [6.07, 6.45) is 0. The van der Waals surface area contributed by atoms with Gasteiger partial charge in [0.2, 0.25) is 0 Å². The topological polar surface area (TPSA) is 23.0 Å². The number of aromatic nitrogens is 2. The molecule has 0 radical (unpaired) electrons. The van der Waals surface area contributed by atoms with Crippen LogP contribution in [0.2, 0.25) is 0 Å². The number of para-hydroxylation sites is 3. The molecule has 0 aliphatic rings. The highest BCUT2D eigenvalue weighted by Gasteiger charge is 2.20. The average molecular weight is 659 g/mol. The lowest BCUT2D eigenvalue weighted by Gasteiger charge is -2.20. The molecule has 0 aliphatic carbocycles. The quantitative estimate of drug-likeness (QED) is 0.180. The number of fused-ring (bicyclic) bond motifs is 9. The van der Waals surface area contributed by atoms with Crippen LogP contribution in [0, 0.1) is 0 Å². The summed E-state index contributed by atoms with van der Waals surface area (Å²) >= 11 is 0. The molecule has 0 fully saturated rings. The molecular weight excluding hydrogens is 621 g/mol. The van der Waals surface area contributed by atoms with Crippen molar-refractivity contribution in [2.75, 3.05) is 0 Å². The van der Waals surface area contributed by atoms with Crippen LogP contribution in [0.25, 0.3) is 88.1 Å². The van der Waals surface area contributed by atoms with E-state index in [0.29, 0.717) is 11.8 Å². The van der Waals surface area contributed by atoms with Gasteiger partial charge in [-0.2, -0.15) is 0 Å². The van der Waals surface area contributed by atoms with Crippen molar-refractivity contribution < 1.29 is 4.42 Å². The first-order chi connectivity index (χ1) is 25.0. The van der Waals surface area contributed by atoms with Crippen molar-refractivity contribution in [3.05, 3.63) is 157 Å². The van der Waals surface area contributed by atoms with E-state index in [1.54, 1.807) is 0 Å². The zero-order valence-electron chi connectivity index (χ0n) is 29.3. The van der Waals surface area contributed by atoms with Gasteiger partial charge in [-0.25, -0.2) is 0 Å². The third-order valence-corrected chi connectivity index (χ3v) is 10.9. The molecule has 0 N–H and O–H groups in total. The van der Waals surface area contributed by atoms with Crippen LogP contribution < -0.4 is 0 Å². The molecule has 3 heterocycles. The van der Waals surface area contributed by atoms with Gasteiger partial charge >= 0.3 is 0 Å². The normalized spacial score (nSPS) is 12.3. The van der Waals surface area contributed by atoms with Gasteiger partial charge < -0.3 is 13.6 Å². The maximum absolute atomic E-state index is 6.45. The maximum atomic E-state index is 6.45. The smallest absolute Gasteiger partial charge is 0.135 e. The highest BCUT2D eigenvalue weighted by atomic mass is 16.3. The Morgan fingerprint density at radius 1 is 0.392 bits per heavy atom. The largest absolute Gasteiger partial charge is 0.456 e. The van der Waals surface area contributed by atoms with Crippen LogP contribution in [-0.2, 0) is 0 Å². The molecule has 0 saturated carbocycles. The molecule has 0 atom stereocenters. The Bertz CT molecular complexity index is 2900. The van der Waals surface area contributed by atoms with E-state index >= 15 is 0 Å². The van der Waals surface area contributed by atoms with Gasteiger partial charge in [-0.05, 0) is 101 Å². The Hall–Kier alpha value is -6.06. The minimum Gasteiger partial charge on any atom is -0.456 e. The van der Waals surface area contributed by atoms with Crippen LogP contribution in [0.15, 0.2) is 150 Å². The van der Waals surface area contributed by atoms with E-state index in [9.17, 15) is 0 Å². The predicted octanol–water partition coefficient (Wildman–Crippen LogP) is 13.7. The molecule has 51 heavy (non-hydrogen) atoms. The van der Waals surface area contributed by atoms with Gasteiger partial charge in [0.05, 0.1) is 22.1 Å². The zero-order valence-corrected chi connectivity index (χ0v) is 29.3. The summed E-state index contributed by atoms with van der Waals surface area (Å²) in [5.41, 5.74) is 14.3. The van der Waals surface area contributed by atoms with Gasteiger partial charge in [0, 0.05) is 43.7 Å². The fraction of sp³-hybridized carbons (Fsp3) is 0.125. The van der Waals surface area contributed by atoms with Crippen LogP contribution >= 0.6 is 0 Å². The second-order valence-electron chi connectivity index (χ2n) is 14.5. The maximum Gasteiger partial charge on any atom is 0.135 e. The van der Waals surface area contributed by atoms with Crippen molar-refractivity contribution in [3.8, 4) is 22.5 Å². The summed E-state index contributed by atoms with van der Waals surface area (Å²) in [5, 5.41) is 7.27. The van der Waals surface area contributed by atoms with Crippen LogP contribution in [0.1, 0.15) is 50.7 Å². The molecular formula is C48H38N2O. The molecule has 0 aliphatic heterocycles. The molecule has 10 aromatic rings. The Kier molecular flexibility index (Phi) is 6.57. The van der Waals surface area contributed by atoms with Gasteiger partial charge in [0.25, 0.3) is 0 Å². The third-order valence-electron chi connectivity index (χ3n) is 10.9. The lowest BCUT2D eigenvalue weighted by atomic mass is 9.85. The van der Waals surface area contributed by atoms with E-state index in [2.05, 4.69) is 182 Å². The predicted molar refractivity (Wildman–Crippen MR) is 216 cm³/mol. The summed E-state index contributed by atoms with van der Waals surface area (Å²) in [5.74, 6) is 0.866. The fourth-order valence-electron chi connectivity index (χ4n) is 8.52. The average Bonchev–Trinajstić information content (AvgIpc) is 3.81. The second kappa shape index (κ2) is 11.2. The zero-order chi connectivity index (χ0) is 34.4. The molecule has 3 aromatic heterocycles. The van der Waals surface area contributed by atoms with Crippen molar-refractivity contribution in [1.29, 1.82) is 0 Å². The van der Waals surface area contributed by atoms with Crippen molar-refractivity contribution in [3.63, 3.8) is 0 Å². The Balaban J connectivity index is 1.18. The van der Waals surface area contributed by atoms with Gasteiger partial charge in [-0.1, -0.05) is 107 Å². The van der Waals surface area contributed by atoms with Crippen LogP contribution in [0.5, 0.6) is 0 Å². The number of furan rings is 1. The van der Waals surface area contributed by atoms with Crippen LogP contribution in [0.4, 0.5) is 0 Å². The number of hydrogen-bond acceptors (Lipinski definition) is 1. The molecule has 3 nitrogen and oxygen atoms in total. The molecule has 0 unspecified atom stereocenters. The summed E-state index contributed by atoms with van der Waals surface area (Å²) in [6.45, 7) is 9.20. The van der Waals surface area contributed by atoms with E-state index in [-0.39, 0.29) is 0 Å². The van der Waals surface area contributed by atoms with E-state index in [4.69, 9.17) is 4.42 Å². The fourth-order valence-corrected chi connectivity index (χ4v) is 8.52. The van der Waals surface area contributed by atoms with Gasteiger partial charge in [-0.15, -0.1) is 0 Å². The Morgan fingerprint density at radius 2 is 0.843 bits per heavy atom. The lowest BCUT2D eigenvalue weighted by Crippen LogP contribution is -2.00. The number of benzene rings is 7. The molecule has 0 bridgehead atoms. The highest BCUT2D eigenvalue weighted by Crippen LogP contribution is 2.41. The minimum atomic E-state index is 0.433. The van der Waals surface area contributed by atoms with E-state index < -0.39 is 0 Å². The van der Waals surface area contributed by atoms with E-state index in [1.165, 1.54) is 65.9 Å². The second-order valence-corrected chi connectivity index (χ2v) is 14.5. The summed E-state index contributed by atoms with van der Waals surface area (Å²) in [4.78, 5) is 0. The highest BCUT2D eigenvalue weighted by molar-refractivity contribution is 6.13. The number of rotatable bonds is 5. The monoisotopic (exact) mass is 658 g/mol. The van der Waals surface area contributed by atoms with Crippen molar-refractivity contribution in [2.24, 2.45) is 0 Å². The van der Waals surface area contributed by atoms with Crippen LogP contribution in [0.3, 0.4) is 0 Å². The summed E-state index contributed by atoms with van der Waals surface area (Å²) in [6, 6.07) is 53.3.